The molecule has 0 spiro atoms. The molecule has 3 heteroatoms. The SMILES string of the molecule is COc1ccc2c(C)onc2c1C. The van der Waals surface area contributed by atoms with Gasteiger partial charge in [-0.15, -0.1) is 0 Å². The third-order valence-electron chi connectivity index (χ3n) is 2.25. The lowest BCUT2D eigenvalue weighted by atomic mass is 10.1. The number of methoxy groups -OCH3 is 1. The summed E-state index contributed by atoms with van der Waals surface area (Å²) in [5.41, 5.74) is 1.91. The molecule has 0 fully saturated rings. The summed E-state index contributed by atoms with van der Waals surface area (Å²) in [4.78, 5) is 0. The molecule has 2 aromatic rings. The first-order valence-electron chi connectivity index (χ1n) is 4.13. The Kier molecular flexibility index (Phi) is 1.72. The van der Waals surface area contributed by atoms with Crippen molar-refractivity contribution < 1.29 is 9.26 Å². The van der Waals surface area contributed by atoms with Crippen LogP contribution in [0.15, 0.2) is 16.7 Å². The zero-order valence-electron chi connectivity index (χ0n) is 7.92. The molecule has 0 N–H and O–H groups in total. The number of hydrogen-bond acceptors (Lipinski definition) is 3. The number of nitrogens with zero attached hydrogens (tertiary/aromatic N) is 1. The Balaban J connectivity index is 2.80. The summed E-state index contributed by atoms with van der Waals surface area (Å²) in [6.07, 6.45) is 0. The van der Waals surface area contributed by atoms with Crippen LogP contribution in [0.4, 0.5) is 0 Å². The summed E-state index contributed by atoms with van der Waals surface area (Å²) in [6, 6.07) is 3.90. The van der Waals surface area contributed by atoms with Crippen LogP contribution < -0.4 is 4.74 Å². The van der Waals surface area contributed by atoms with E-state index < -0.39 is 0 Å². The maximum Gasteiger partial charge on any atom is 0.141 e. The molecule has 68 valence electrons. The molecule has 0 saturated carbocycles. The largest absolute Gasteiger partial charge is 0.496 e. The predicted octanol–water partition coefficient (Wildman–Crippen LogP) is 2.45. The van der Waals surface area contributed by atoms with Crippen LogP contribution in [0.25, 0.3) is 10.9 Å². The Morgan fingerprint density at radius 1 is 1.31 bits per heavy atom. The lowest BCUT2D eigenvalue weighted by Gasteiger charge is -2.02. The smallest absolute Gasteiger partial charge is 0.141 e. The Labute approximate surface area is 76.3 Å². The van der Waals surface area contributed by atoms with E-state index in [1.807, 2.05) is 26.0 Å². The highest BCUT2D eigenvalue weighted by Crippen LogP contribution is 2.27. The van der Waals surface area contributed by atoms with Crippen LogP contribution in [0.1, 0.15) is 11.3 Å². The van der Waals surface area contributed by atoms with Crippen molar-refractivity contribution in [2.45, 2.75) is 13.8 Å². The van der Waals surface area contributed by atoms with Gasteiger partial charge in [0.2, 0.25) is 0 Å². The lowest BCUT2D eigenvalue weighted by Crippen LogP contribution is -1.87. The van der Waals surface area contributed by atoms with Crippen molar-refractivity contribution in [1.29, 1.82) is 0 Å². The minimum Gasteiger partial charge on any atom is -0.496 e. The fourth-order valence-electron chi connectivity index (χ4n) is 1.47. The fraction of sp³-hybridized carbons (Fsp3) is 0.300. The van der Waals surface area contributed by atoms with Crippen LogP contribution in [0.2, 0.25) is 0 Å². The van der Waals surface area contributed by atoms with Crippen LogP contribution in [0, 0.1) is 13.8 Å². The zero-order chi connectivity index (χ0) is 9.42. The van der Waals surface area contributed by atoms with Gasteiger partial charge in [-0.25, -0.2) is 0 Å². The van der Waals surface area contributed by atoms with E-state index in [9.17, 15) is 0 Å². The van der Waals surface area contributed by atoms with Crippen LogP contribution in [-0.4, -0.2) is 12.3 Å². The van der Waals surface area contributed by atoms with Gasteiger partial charge in [0.1, 0.15) is 17.0 Å². The normalized spacial score (nSPS) is 10.7. The van der Waals surface area contributed by atoms with Gasteiger partial charge in [-0.2, -0.15) is 0 Å². The van der Waals surface area contributed by atoms with Crippen LogP contribution in [0.3, 0.4) is 0 Å². The van der Waals surface area contributed by atoms with E-state index in [2.05, 4.69) is 5.16 Å². The van der Waals surface area contributed by atoms with Gasteiger partial charge < -0.3 is 9.26 Å². The number of aryl methyl sites for hydroxylation is 2. The molecule has 0 aliphatic carbocycles. The second-order valence-electron chi connectivity index (χ2n) is 3.03. The summed E-state index contributed by atoms with van der Waals surface area (Å²) >= 11 is 0. The van der Waals surface area contributed by atoms with Crippen molar-refractivity contribution in [3.63, 3.8) is 0 Å². The summed E-state index contributed by atoms with van der Waals surface area (Å²) in [5, 5.41) is 5.03. The quantitative estimate of drug-likeness (QED) is 0.671. The van der Waals surface area contributed by atoms with E-state index in [1.165, 1.54) is 0 Å². The number of ether oxygens (including phenoxy) is 1. The number of rotatable bonds is 1. The zero-order valence-corrected chi connectivity index (χ0v) is 7.92. The molecule has 1 aromatic carbocycles. The highest BCUT2D eigenvalue weighted by atomic mass is 16.5. The van der Waals surface area contributed by atoms with E-state index >= 15 is 0 Å². The van der Waals surface area contributed by atoms with Crippen LogP contribution in [0.5, 0.6) is 5.75 Å². The maximum atomic E-state index is 5.18. The predicted molar refractivity (Wildman–Crippen MR) is 50.0 cm³/mol. The Morgan fingerprint density at radius 2 is 2.08 bits per heavy atom. The molecule has 0 aliphatic heterocycles. The van der Waals surface area contributed by atoms with Crippen molar-refractivity contribution in [3.05, 3.63) is 23.5 Å². The number of benzene rings is 1. The van der Waals surface area contributed by atoms with E-state index in [0.717, 1.165) is 28.0 Å². The molecule has 1 heterocycles. The molecule has 0 atom stereocenters. The molecule has 0 aliphatic rings. The van der Waals surface area contributed by atoms with Gasteiger partial charge in [0, 0.05) is 10.9 Å². The molecule has 0 bridgehead atoms. The molecule has 13 heavy (non-hydrogen) atoms. The summed E-state index contributed by atoms with van der Waals surface area (Å²) in [7, 11) is 1.65. The van der Waals surface area contributed by atoms with Gasteiger partial charge in [-0.3, -0.25) is 0 Å². The van der Waals surface area contributed by atoms with E-state index in [-0.39, 0.29) is 0 Å². The lowest BCUT2D eigenvalue weighted by molar-refractivity contribution is 0.402. The molecular weight excluding hydrogens is 166 g/mol. The van der Waals surface area contributed by atoms with E-state index in [4.69, 9.17) is 9.26 Å². The minimum atomic E-state index is 0.848. The first-order chi connectivity index (χ1) is 6.24. The molecule has 0 unspecified atom stereocenters. The summed E-state index contributed by atoms with van der Waals surface area (Å²) < 4.78 is 10.3. The standard InChI is InChI=1S/C10H11NO2/c1-6-9(12-3)5-4-8-7(2)13-11-10(6)8/h4-5H,1-3H3. The number of fused-ring (bicyclic) bond motifs is 1. The number of aromatic nitrogens is 1. The summed E-state index contributed by atoms with van der Waals surface area (Å²) in [6.45, 7) is 3.88. The summed E-state index contributed by atoms with van der Waals surface area (Å²) in [5.74, 6) is 1.70. The van der Waals surface area contributed by atoms with Gasteiger partial charge >= 0.3 is 0 Å². The average molecular weight is 177 g/mol. The van der Waals surface area contributed by atoms with Gasteiger partial charge in [0.25, 0.3) is 0 Å². The molecule has 0 radical (unpaired) electrons. The molecule has 0 amide bonds. The van der Waals surface area contributed by atoms with Crippen LogP contribution >= 0.6 is 0 Å². The third-order valence-corrected chi connectivity index (χ3v) is 2.25. The first-order valence-corrected chi connectivity index (χ1v) is 4.13. The van der Waals surface area contributed by atoms with Gasteiger partial charge in [0.15, 0.2) is 0 Å². The van der Waals surface area contributed by atoms with Crippen molar-refractivity contribution in [3.8, 4) is 5.75 Å². The minimum absolute atomic E-state index is 0.848. The molecule has 1 aromatic heterocycles. The molecule has 2 rings (SSSR count). The van der Waals surface area contributed by atoms with Crippen molar-refractivity contribution in [1.82, 2.24) is 5.16 Å². The fourth-order valence-corrected chi connectivity index (χ4v) is 1.47. The molecular formula is C10H11NO2. The second kappa shape index (κ2) is 2.76. The first kappa shape index (κ1) is 8.10. The number of hydrogen-bond donors (Lipinski definition) is 0. The maximum absolute atomic E-state index is 5.18. The Hall–Kier alpha value is -1.51. The van der Waals surface area contributed by atoms with Crippen molar-refractivity contribution >= 4 is 10.9 Å². The van der Waals surface area contributed by atoms with Gasteiger partial charge in [-0.1, -0.05) is 5.16 Å². The van der Waals surface area contributed by atoms with Gasteiger partial charge in [0.05, 0.1) is 7.11 Å². The molecule has 3 nitrogen and oxygen atoms in total. The van der Waals surface area contributed by atoms with Crippen molar-refractivity contribution in [2.75, 3.05) is 7.11 Å². The Morgan fingerprint density at radius 3 is 2.77 bits per heavy atom. The third kappa shape index (κ3) is 1.08. The monoisotopic (exact) mass is 177 g/mol. The van der Waals surface area contributed by atoms with Crippen molar-refractivity contribution in [2.24, 2.45) is 0 Å². The molecule has 0 saturated heterocycles. The average Bonchev–Trinajstić information content (AvgIpc) is 2.50. The topological polar surface area (TPSA) is 35.3 Å². The highest BCUT2D eigenvalue weighted by Gasteiger charge is 2.09. The van der Waals surface area contributed by atoms with Crippen LogP contribution in [-0.2, 0) is 0 Å². The van der Waals surface area contributed by atoms with E-state index in [0.29, 0.717) is 0 Å². The highest BCUT2D eigenvalue weighted by molar-refractivity contribution is 5.85. The second-order valence-corrected chi connectivity index (χ2v) is 3.03. The van der Waals surface area contributed by atoms with E-state index in [1.54, 1.807) is 7.11 Å². The van der Waals surface area contributed by atoms with Gasteiger partial charge in [-0.05, 0) is 26.0 Å². The Bertz CT molecular complexity index is 445.